The second-order valence-electron chi connectivity index (χ2n) is 4.46. The van der Waals surface area contributed by atoms with Crippen LogP contribution in [-0.2, 0) is 4.74 Å². The van der Waals surface area contributed by atoms with Crippen LogP contribution in [0, 0.1) is 0 Å². The van der Waals surface area contributed by atoms with E-state index in [-0.39, 0.29) is 5.60 Å². The summed E-state index contributed by atoms with van der Waals surface area (Å²) in [6.07, 6.45) is 9.12. The molecule has 88 valence electrons. The lowest BCUT2D eigenvalue weighted by molar-refractivity contribution is -0.102. The van der Waals surface area contributed by atoms with Gasteiger partial charge in [0.15, 0.2) is 0 Å². The molecule has 1 rings (SSSR count). The van der Waals surface area contributed by atoms with E-state index >= 15 is 0 Å². The molecule has 0 amide bonds. The quantitative estimate of drug-likeness (QED) is 0.468. The van der Waals surface area contributed by atoms with Gasteiger partial charge in [-0.15, -0.1) is 6.58 Å². The molecule has 0 aromatic heterocycles. The van der Waals surface area contributed by atoms with Gasteiger partial charge in [-0.3, -0.25) is 0 Å². The van der Waals surface area contributed by atoms with Gasteiger partial charge < -0.3 is 10.1 Å². The summed E-state index contributed by atoms with van der Waals surface area (Å²) in [6.45, 7) is 8.99. The van der Waals surface area contributed by atoms with E-state index in [1.165, 1.54) is 32.1 Å². The van der Waals surface area contributed by atoms with Crippen LogP contribution in [0.3, 0.4) is 0 Å². The highest BCUT2D eigenvalue weighted by molar-refractivity contribution is 4.90. The normalized spacial score (nSPS) is 18.5. The average molecular weight is 211 g/mol. The molecule has 0 saturated heterocycles. The summed E-state index contributed by atoms with van der Waals surface area (Å²) >= 11 is 0. The molecular formula is C13H25NO. The van der Waals surface area contributed by atoms with Crippen molar-refractivity contribution in [3.05, 3.63) is 12.7 Å². The highest BCUT2D eigenvalue weighted by Gasteiger charge is 2.36. The molecule has 15 heavy (non-hydrogen) atoms. The minimum atomic E-state index is 0.212. The zero-order valence-electron chi connectivity index (χ0n) is 10.1. The molecule has 0 unspecified atom stereocenters. The second-order valence-corrected chi connectivity index (χ2v) is 4.46. The van der Waals surface area contributed by atoms with E-state index in [9.17, 15) is 0 Å². The van der Waals surface area contributed by atoms with E-state index in [1.54, 1.807) is 0 Å². The number of ether oxygens (including phenoxy) is 1. The molecule has 0 aliphatic heterocycles. The van der Waals surface area contributed by atoms with Gasteiger partial charge in [-0.1, -0.05) is 13.0 Å². The van der Waals surface area contributed by atoms with Gasteiger partial charge in [-0.25, -0.2) is 0 Å². The number of hydrogen-bond donors (Lipinski definition) is 1. The van der Waals surface area contributed by atoms with Crippen LogP contribution in [0.4, 0.5) is 0 Å². The maximum Gasteiger partial charge on any atom is 0.0694 e. The molecule has 0 aromatic rings. The van der Waals surface area contributed by atoms with Crippen LogP contribution in [0.25, 0.3) is 0 Å². The molecule has 1 aliphatic rings. The molecule has 0 aromatic carbocycles. The molecule has 0 radical (unpaired) electrons. The van der Waals surface area contributed by atoms with Gasteiger partial charge in [0, 0.05) is 0 Å². The van der Waals surface area contributed by atoms with E-state index < -0.39 is 0 Å². The van der Waals surface area contributed by atoms with Gasteiger partial charge in [0.05, 0.1) is 12.2 Å². The first-order chi connectivity index (χ1) is 7.33. The third kappa shape index (κ3) is 4.35. The third-order valence-electron chi connectivity index (χ3n) is 3.18. The van der Waals surface area contributed by atoms with Crippen molar-refractivity contribution in [3.63, 3.8) is 0 Å². The molecule has 0 heterocycles. The summed E-state index contributed by atoms with van der Waals surface area (Å²) in [4.78, 5) is 0. The highest BCUT2D eigenvalue weighted by atomic mass is 16.5. The topological polar surface area (TPSA) is 21.3 Å². The molecule has 0 spiro atoms. The van der Waals surface area contributed by atoms with Gasteiger partial charge in [-0.2, -0.15) is 0 Å². The van der Waals surface area contributed by atoms with Crippen molar-refractivity contribution in [3.8, 4) is 0 Å². The van der Waals surface area contributed by atoms with Gasteiger partial charge in [-0.05, 0) is 51.6 Å². The Bertz CT molecular complexity index is 175. The van der Waals surface area contributed by atoms with Crippen molar-refractivity contribution in [1.82, 2.24) is 5.32 Å². The van der Waals surface area contributed by atoms with Crippen LogP contribution >= 0.6 is 0 Å². The first-order valence-corrected chi connectivity index (χ1v) is 6.28. The van der Waals surface area contributed by atoms with E-state index in [0.717, 1.165) is 26.1 Å². The molecule has 1 saturated carbocycles. The minimum absolute atomic E-state index is 0.212. The Hall–Kier alpha value is -0.340. The van der Waals surface area contributed by atoms with Crippen molar-refractivity contribution in [2.75, 3.05) is 19.7 Å². The van der Waals surface area contributed by atoms with Crippen LogP contribution in [0.2, 0.25) is 0 Å². The molecule has 2 nitrogen and oxygen atoms in total. The zero-order valence-corrected chi connectivity index (χ0v) is 10.1. The van der Waals surface area contributed by atoms with Gasteiger partial charge in [0.1, 0.15) is 0 Å². The average Bonchev–Trinajstić information content (AvgIpc) is 2.19. The van der Waals surface area contributed by atoms with E-state index in [0.29, 0.717) is 0 Å². The Kier molecular flexibility index (Phi) is 5.96. The van der Waals surface area contributed by atoms with Crippen molar-refractivity contribution >= 4 is 0 Å². The summed E-state index contributed by atoms with van der Waals surface area (Å²) in [5.74, 6) is 0. The van der Waals surface area contributed by atoms with E-state index in [2.05, 4.69) is 18.8 Å². The van der Waals surface area contributed by atoms with Crippen molar-refractivity contribution < 1.29 is 4.74 Å². The predicted octanol–water partition coefficient (Wildman–Crippen LogP) is 2.89. The summed E-state index contributed by atoms with van der Waals surface area (Å²) in [7, 11) is 0. The summed E-state index contributed by atoms with van der Waals surface area (Å²) in [5, 5.41) is 3.45. The van der Waals surface area contributed by atoms with Crippen molar-refractivity contribution in [2.24, 2.45) is 0 Å². The Morgan fingerprint density at radius 1 is 1.40 bits per heavy atom. The first kappa shape index (κ1) is 12.7. The fourth-order valence-corrected chi connectivity index (χ4v) is 2.01. The van der Waals surface area contributed by atoms with Crippen molar-refractivity contribution in [1.29, 1.82) is 0 Å². The van der Waals surface area contributed by atoms with E-state index in [1.807, 2.05) is 6.08 Å². The molecule has 0 atom stereocenters. The largest absolute Gasteiger partial charge is 0.375 e. The van der Waals surface area contributed by atoms with Crippen LogP contribution in [0.15, 0.2) is 12.7 Å². The summed E-state index contributed by atoms with van der Waals surface area (Å²) < 4.78 is 5.97. The van der Waals surface area contributed by atoms with E-state index in [4.69, 9.17) is 4.74 Å². The highest BCUT2D eigenvalue weighted by Crippen LogP contribution is 2.38. The summed E-state index contributed by atoms with van der Waals surface area (Å²) in [6, 6.07) is 0. The fraction of sp³-hybridized carbons (Fsp3) is 0.846. The SMILES string of the molecule is C=CCCOC1(CCNCCC)CCC1. The smallest absolute Gasteiger partial charge is 0.0694 e. The Labute approximate surface area is 94.1 Å². The van der Waals surface area contributed by atoms with Gasteiger partial charge >= 0.3 is 0 Å². The minimum Gasteiger partial charge on any atom is -0.375 e. The van der Waals surface area contributed by atoms with Crippen LogP contribution in [0.1, 0.15) is 45.4 Å². The lowest BCUT2D eigenvalue weighted by Crippen LogP contribution is -2.42. The Morgan fingerprint density at radius 2 is 2.20 bits per heavy atom. The molecule has 2 heteroatoms. The fourth-order valence-electron chi connectivity index (χ4n) is 2.01. The summed E-state index contributed by atoms with van der Waals surface area (Å²) in [5.41, 5.74) is 0.212. The Balaban J connectivity index is 2.12. The second kappa shape index (κ2) is 7.02. The van der Waals surface area contributed by atoms with Crippen LogP contribution in [0.5, 0.6) is 0 Å². The van der Waals surface area contributed by atoms with Crippen LogP contribution < -0.4 is 5.32 Å². The standard InChI is InChI=1S/C13H25NO/c1-3-5-12-15-13(7-6-8-13)9-11-14-10-4-2/h3,14H,1,4-12H2,2H3. The first-order valence-electron chi connectivity index (χ1n) is 6.28. The molecule has 1 N–H and O–H groups in total. The lowest BCUT2D eigenvalue weighted by atomic mass is 9.77. The lowest BCUT2D eigenvalue weighted by Gasteiger charge is -2.42. The third-order valence-corrected chi connectivity index (χ3v) is 3.18. The molecule has 1 aliphatic carbocycles. The maximum atomic E-state index is 5.97. The van der Waals surface area contributed by atoms with Crippen LogP contribution in [-0.4, -0.2) is 25.3 Å². The number of rotatable bonds is 9. The predicted molar refractivity (Wildman–Crippen MR) is 65.1 cm³/mol. The monoisotopic (exact) mass is 211 g/mol. The van der Waals surface area contributed by atoms with Crippen molar-refractivity contribution in [2.45, 2.75) is 51.0 Å². The number of hydrogen-bond acceptors (Lipinski definition) is 2. The zero-order chi connectivity index (χ0) is 11.0. The van der Waals surface area contributed by atoms with Gasteiger partial charge in [0.2, 0.25) is 0 Å². The molecule has 0 bridgehead atoms. The van der Waals surface area contributed by atoms with Gasteiger partial charge in [0.25, 0.3) is 0 Å². The Morgan fingerprint density at radius 3 is 2.73 bits per heavy atom. The molecular weight excluding hydrogens is 186 g/mol. The maximum absolute atomic E-state index is 5.97. The molecule has 1 fully saturated rings. The number of nitrogens with one attached hydrogen (secondary N) is 1.